The lowest BCUT2D eigenvalue weighted by Gasteiger charge is -2.20. The van der Waals surface area contributed by atoms with Gasteiger partial charge in [-0.15, -0.1) is 0 Å². The first-order valence-corrected chi connectivity index (χ1v) is 6.88. The molecule has 0 bridgehead atoms. The molecule has 1 aromatic carbocycles. The smallest absolute Gasteiger partial charge is 0.220 e. The number of carbonyl (C=O) groups excluding carboxylic acids is 1. The second-order valence-corrected chi connectivity index (χ2v) is 5.08. The number of nitrogens with one attached hydrogen (secondary N) is 1. The van der Waals surface area contributed by atoms with Gasteiger partial charge in [0.1, 0.15) is 5.82 Å². The summed E-state index contributed by atoms with van der Waals surface area (Å²) in [6.45, 7) is 2.27. The molecular weight excluding hydrogens is 243 g/mol. The summed E-state index contributed by atoms with van der Waals surface area (Å²) in [6, 6.07) is 6.31. The third-order valence-corrected chi connectivity index (χ3v) is 3.47. The van der Waals surface area contributed by atoms with E-state index in [2.05, 4.69) is 10.6 Å². The Morgan fingerprint density at radius 3 is 3.11 bits per heavy atom. The fourth-order valence-electron chi connectivity index (χ4n) is 2.36. The summed E-state index contributed by atoms with van der Waals surface area (Å²) in [6.07, 6.45) is 3.77. The van der Waals surface area contributed by atoms with Crippen molar-refractivity contribution in [1.82, 2.24) is 10.6 Å². The third kappa shape index (κ3) is 4.99. The van der Waals surface area contributed by atoms with Gasteiger partial charge in [0.05, 0.1) is 0 Å². The Morgan fingerprint density at radius 2 is 2.37 bits per heavy atom. The highest BCUT2D eigenvalue weighted by molar-refractivity contribution is 5.75. The van der Waals surface area contributed by atoms with Gasteiger partial charge in [0, 0.05) is 26.1 Å². The molecule has 1 fully saturated rings. The lowest BCUT2D eigenvalue weighted by molar-refractivity contribution is -0.121. The van der Waals surface area contributed by atoms with E-state index >= 15 is 0 Å². The number of hydrogen-bond donors (Lipinski definition) is 1. The average molecular weight is 263 g/mol. The Hall–Kier alpha value is -1.42. The Morgan fingerprint density at radius 1 is 1.47 bits per heavy atom. The SMILES string of the molecule is O=C(CCC1CCC[N]C1)NCc1cccc(F)c1. The molecule has 19 heavy (non-hydrogen) atoms. The molecule has 0 aromatic heterocycles. The number of halogens is 1. The van der Waals surface area contributed by atoms with Crippen molar-refractivity contribution < 1.29 is 9.18 Å². The van der Waals surface area contributed by atoms with E-state index in [1.807, 2.05) is 6.07 Å². The number of carbonyl (C=O) groups is 1. The predicted molar refractivity (Wildman–Crippen MR) is 72.1 cm³/mol. The number of nitrogens with zero attached hydrogens (tertiary/aromatic N) is 1. The highest BCUT2D eigenvalue weighted by atomic mass is 19.1. The van der Waals surface area contributed by atoms with Crippen molar-refractivity contribution in [3.05, 3.63) is 35.6 Å². The number of benzene rings is 1. The van der Waals surface area contributed by atoms with Crippen molar-refractivity contribution >= 4 is 5.91 Å². The first-order chi connectivity index (χ1) is 9.24. The van der Waals surface area contributed by atoms with E-state index in [1.54, 1.807) is 6.07 Å². The number of rotatable bonds is 5. The summed E-state index contributed by atoms with van der Waals surface area (Å²) < 4.78 is 13.0. The molecule has 0 aliphatic carbocycles. The normalized spacial score (nSPS) is 19.1. The third-order valence-electron chi connectivity index (χ3n) is 3.47. The Kier molecular flexibility index (Phi) is 5.33. The zero-order valence-corrected chi connectivity index (χ0v) is 11.1. The standard InChI is InChI=1S/C15H20FN2O/c16-14-5-1-3-13(9-14)11-18-15(19)7-6-12-4-2-8-17-10-12/h1,3,5,9,12H,2,4,6-8,10-11H2,(H,18,19). The van der Waals surface area contributed by atoms with Gasteiger partial charge < -0.3 is 5.32 Å². The minimum Gasteiger partial charge on any atom is -0.352 e. The quantitative estimate of drug-likeness (QED) is 0.870. The Balaban J connectivity index is 1.66. The summed E-state index contributed by atoms with van der Waals surface area (Å²) in [7, 11) is 0. The zero-order chi connectivity index (χ0) is 13.5. The molecule has 1 aliphatic heterocycles. The Bertz CT molecular complexity index is 416. The van der Waals surface area contributed by atoms with Crippen LogP contribution in [0, 0.1) is 11.7 Å². The maximum Gasteiger partial charge on any atom is 0.220 e. The predicted octanol–water partition coefficient (Wildman–Crippen LogP) is 2.24. The second-order valence-electron chi connectivity index (χ2n) is 5.08. The minimum atomic E-state index is -0.268. The fraction of sp³-hybridized carbons (Fsp3) is 0.533. The molecule has 1 atom stereocenters. The van der Waals surface area contributed by atoms with Gasteiger partial charge >= 0.3 is 0 Å². The lowest BCUT2D eigenvalue weighted by atomic mass is 9.94. The van der Waals surface area contributed by atoms with Crippen LogP contribution in [0.15, 0.2) is 24.3 Å². The molecular formula is C15H20FN2O. The monoisotopic (exact) mass is 263 g/mol. The molecule has 1 saturated heterocycles. The van der Waals surface area contributed by atoms with Gasteiger partial charge in [-0.1, -0.05) is 12.1 Å². The molecule has 0 saturated carbocycles. The van der Waals surface area contributed by atoms with E-state index in [0.717, 1.165) is 31.5 Å². The highest BCUT2D eigenvalue weighted by Gasteiger charge is 2.14. The van der Waals surface area contributed by atoms with Gasteiger partial charge in [-0.2, -0.15) is 0 Å². The second kappa shape index (κ2) is 7.24. The maximum atomic E-state index is 13.0. The van der Waals surface area contributed by atoms with Crippen LogP contribution in [0.25, 0.3) is 0 Å². The Labute approximate surface area is 113 Å². The van der Waals surface area contributed by atoms with Gasteiger partial charge in [0.25, 0.3) is 0 Å². The molecule has 1 aromatic rings. The number of hydrogen-bond acceptors (Lipinski definition) is 1. The number of amides is 1. The summed E-state index contributed by atoms with van der Waals surface area (Å²) in [5, 5.41) is 7.20. The first kappa shape index (κ1) is 14.0. The zero-order valence-electron chi connectivity index (χ0n) is 11.1. The molecule has 1 amide bonds. The van der Waals surface area contributed by atoms with E-state index < -0.39 is 0 Å². The maximum absolute atomic E-state index is 13.0. The van der Waals surface area contributed by atoms with E-state index in [0.29, 0.717) is 18.9 Å². The van der Waals surface area contributed by atoms with E-state index in [9.17, 15) is 9.18 Å². The summed E-state index contributed by atoms with van der Waals surface area (Å²) in [4.78, 5) is 11.7. The van der Waals surface area contributed by atoms with Crippen LogP contribution in [0.3, 0.4) is 0 Å². The van der Waals surface area contributed by atoms with E-state index in [1.165, 1.54) is 18.6 Å². The molecule has 0 spiro atoms. The average Bonchev–Trinajstić information content (AvgIpc) is 2.44. The van der Waals surface area contributed by atoms with Gasteiger partial charge in [0.2, 0.25) is 5.91 Å². The van der Waals surface area contributed by atoms with Crippen LogP contribution in [-0.2, 0) is 11.3 Å². The van der Waals surface area contributed by atoms with Crippen LogP contribution in [0.2, 0.25) is 0 Å². The van der Waals surface area contributed by atoms with Crippen LogP contribution in [0.5, 0.6) is 0 Å². The lowest BCUT2D eigenvalue weighted by Crippen LogP contribution is -2.27. The summed E-state index contributed by atoms with van der Waals surface area (Å²) >= 11 is 0. The van der Waals surface area contributed by atoms with Crippen LogP contribution in [0.1, 0.15) is 31.2 Å². The summed E-state index contributed by atoms with van der Waals surface area (Å²) in [5.41, 5.74) is 0.793. The van der Waals surface area contributed by atoms with Crippen molar-refractivity contribution in [1.29, 1.82) is 0 Å². The van der Waals surface area contributed by atoms with Gasteiger partial charge in [-0.05, 0) is 42.9 Å². The van der Waals surface area contributed by atoms with Crippen LogP contribution >= 0.6 is 0 Å². The molecule has 1 heterocycles. The van der Waals surface area contributed by atoms with Gasteiger partial charge in [-0.25, -0.2) is 9.71 Å². The molecule has 1 unspecified atom stereocenters. The van der Waals surface area contributed by atoms with E-state index in [4.69, 9.17) is 0 Å². The molecule has 3 nitrogen and oxygen atoms in total. The highest BCUT2D eigenvalue weighted by Crippen LogP contribution is 2.16. The van der Waals surface area contributed by atoms with Crippen LogP contribution < -0.4 is 10.6 Å². The molecule has 1 N–H and O–H groups in total. The first-order valence-electron chi connectivity index (χ1n) is 6.88. The van der Waals surface area contributed by atoms with Gasteiger partial charge in [-0.3, -0.25) is 4.79 Å². The van der Waals surface area contributed by atoms with Crippen molar-refractivity contribution in [2.24, 2.45) is 5.92 Å². The fourth-order valence-corrected chi connectivity index (χ4v) is 2.36. The summed E-state index contributed by atoms with van der Waals surface area (Å²) in [5.74, 6) is 0.332. The van der Waals surface area contributed by atoms with Crippen molar-refractivity contribution in [3.8, 4) is 0 Å². The number of piperidine rings is 1. The van der Waals surface area contributed by atoms with Crippen LogP contribution in [-0.4, -0.2) is 19.0 Å². The molecule has 103 valence electrons. The van der Waals surface area contributed by atoms with Crippen LogP contribution in [0.4, 0.5) is 4.39 Å². The van der Waals surface area contributed by atoms with Crippen molar-refractivity contribution in [2.45, 2.75) is 32.2 Å². The van der Waals surface area contributed by atoms with E-state index in [-0.39, 0.29) is 11.7 Å². The molecule has 2 rings (SSSR count). The molecule has 1 aliphatic rings. The molecule has 4 heteroatoms. The van der Waals surface area contributed by atoms with Gasteiger partial charge in [0.15, 0.2) is 0 Å². The largest absolute Gasteiger partial charge is 0.352 e. The van der Waals surface area contributed by atoms with Crippen molar-refractivity contribution in [2.75, 3.05) is 13.1 Å². The van der Waals surface area contributed by atoms with Crippen molar-refractivity contribution in [3.63, 3.8) is 0 Å². The minimum absolute atomic E-state index is 0.0369. The topological polar surface area (TPSA) is 43.2 Å². The molecule has 1 radical (unpaired) electrons.